The summed E-state index contributed by atoms with van der Waals surface area (Å²) < 4.78 is 39.5. The SMILES string of the molecule is CC(O)c1ccc(S(=O)(=O)Nc2cccc(F)c2)cc1. The summed E-state index contributed by atoms with van der Waals surface area (Å²) >= 11 is 0. The molecule has 6 heteroatoms. The van der Waals surface area contributed by atoms with E-state index < -0.39 is 21.9 Å². The summed E-state index contributed by atoms with van der Waals surface area (Å²) in [5.74, 6) is -0.519. The van der Waals surface area contributed by atoms with E-state index in [1.165, 1.54) is 42.5 Å². The first-order valence-electron chi connectivity index (χ1n) is 5.95. The summed E-state index contributed by atoms with van der Waals surface area (Å²) in [7, 11) is -3.77. The lowest BCUT2D eigenvalue weighted by Crippen LogP contribution is -2.13. The molecule has 0 amide bonds. The van der Waals surface area contributed by atoms with Crippen molar-refractivity contribution < 1.29 is 17.9 Å². The van der Waals surface area contributed by atoms with Gasteiger partial charge in [0.1, 0.15) is 5.82 Å². The van der Waals surface area contributed by atoms with Crippen molar-refractivity contribution in [3.8, 4) is 0 Å². The molecule has 0 aliphatic carbocycles. The van der Waals surface area contributed by atoms with Crippen LogP contribution in [0.15, 0.2) is 53.4 Å². The maximum absolute atomic E-state index is 13.0. The smallest absolute Gasteiger partial charge is 0.261 e. The van der Waals surface area contributed by atoms with Crippen LogP contribution in [0.25, 0.3) is 0 Å². The average Bonchev–Trinajstić information content (AvgIpc) is 2.38. The molecular formula is C14H14FNO3S. The Balaban J connectivity index is 2.26. The highest BCUT2D eigenvalue weighted by molar-refractivity contribution is 7.92. The predicted molar refractivity (Wildman–Crippen MR) is 74.3 cm³/mol. The lowest BCUT2D eigenvalue weighted by atomic mass is 10.1. The van der Waals surface area contributed by atoms with E-state index in [4.69, 9.17) is 0 Å². The van der Waals surface area contributed by atoms with Gasteiger partial charge in [-0.05, 0) is 42.8 Å². The van der Waals surface area contributed by atoms with Crippen LogP contribution in [0.2, 0.25) is 0 Å². The van der Waals surface area contributed by atoms with Crippen LogP contribution in [0.1, 0.15) is 18.6 Å². The van der Waals surface area contributed by atoms with Gasteiger partial charge in [-0.2, -0.15) is 0 Å². The zero-order chi connectivity index (χ0) is 14.8. The molecular weight excluding hydrogens is 281 g/mol. The molecule has 0 bridgehead atoms. The first-order valence-corrected chi connectivity index (χ1v) is 7.43. The van der Waals surface area contributed by atoms with Gasteiger partial charge in [0.2, 0.25) is 0 Å². The molecule has 106 valence electrons. The Morgan fingerprint density at radius 1 is 1.15 bits per heavy atom. The van der Waals surface area contributed by atoms with Gasteiger partial charge in [0, 0.05) is 0 Å². The van der Waals surface area contributed by atoms with Gasteiger partial charge < -0.3 is 5.11 Å². The van der Waals surface area contributed by atoms with Gasteiger partial charge in [0.15, 0.2) is 0 Å². The number of hydrogen-bond acceptors (Lipinski definition) is 3. The zero-order valence-electron chi connectivity index (χ0n) is 10.7. The molecule has 2 rings (SSSR count). The third-order valence-corrected chi connectivity index (χ3v) is 4.15. The van der Waals surface area contributed by atoms with Crippen molar-refractivity contribution in [3.63, 3.8) is 0 Å². The van der Waals surface area contributed by atoms with E-state index in [9.17, 15) is 17.9 Å². The monoisotopic (exact) mass is 295 g/mol. The number of benzene rings is 2. The van der Waals surface area contributed by atoms with Crippen molar-refractivity contribution in [2.24, 2.45) is 0 Å². The maximum atomic E-state index is 13.0. The molecule has 0 heterocycles. The molecule has 0 aliphatic heterocycles. The van der Waals surface area contributed by atoms with Gasteiger partial charge >= 0.3 is 0 Å². The fourth-order valence-electron chi connectivity index (χ4n) is 1.69. The molecule has 4 nitrogen and oxygen atoms in total. The largest absolute Gasteiger partial charge is 0.389 e. The third-order valence-electron chi connectivity index (χ3n) is 2.75. The van der Waals surface area contributed by atoms with Gasteiger partial charge in [-0.3, -0.25) is 4.72 Å². The molecule has 0 radical (unpaired) electrons. The quantitative estimate of drug-likeness (QED) is 0.911. The summed E-state index contributed by atoms with van der Waals surface area (Å²) in [4.78, 5) is 0.0474. The molecule has 0 fully saturated rings. The van der Waals surface area contributed by atoms with E-state index in [-0.39, 0.29) is 10.6 Å². The number of halogens is 1. The highest BCUT2D eigenvalue weighted by Gasteiger charge is 2.14. The summed E-state index contributed by atoms with van der Waals surface area (Å²) in [6.45, 7) is 1.59. The minimum absolute atomic E-state index is 0.0474. The van der Waals surface area contributed by atoms with E-state index in [1.807, 2.05) is 0 Å². The van der Waals surface area contributed by atoms with Gasteiger partial charge in [0.25, 0.3) is 10.0 Å². The number of anilines is 1. The number of nitrogens with one attached hydrogen (secondary N) is 1. The topological polar surface area (TPSA) is 66.4 Å². The van der Waals surface area contributed by atoms with Crippen LogP contribution in [0.4, 0.5) is 10.1 Å². The molecule has 2 aromatic carbocycles. The molecule has 1 atom stereocenters. The Hall–Kier alpha value is -1.92. The Morgan fingerprint density at radius 3 is 2.35 bits per heavy atom. The van der Waals surface area contributed by atoms with Gasteiger partial charge in [0.05, 0.1) is 16.7 Å². The minimum atomic E-state index is -3.77. The molecule has 2 aromatic rings. The van der Waals surface area contributed by atoms with Crippen LogP contribution in [0.5, 0.6) is 0 Å². The first kappa shape index (κ1) is 14.5. The maximum Gasteiger partial charge on any atom is 0.261 e. The summed E-state index contributed by atoms with van der Waals surface area (Å²) in [6.07, 6.45) is -0.664. The lowest BCUT2D eigenvalue weighted by Gasteiger charge is -2.09. The molecule has 0 saturated heterocycles. The van der Waals surface area contributed by atoms with Crippen molar-refractivity contribution >= 4 is 15.7 Å². The fourth-order valence-corrected chi connectivity index (χ4v) is 2.74. The molecule has 20 heavy (non-hydrogen) atoms. The number of hydrogen-bond donors (Lipinski definition) is 2. The third kappa shape index (κ3) is 3.34. The van der Waals surface area contributed by atoms with Crippen molar-refractivity contribution in [2.45, 2.75) is 17.9 Å². The van der Waals surface area contributed by atoms with Crippen LogP contribution in [0.3, 0.4) is 0 Å². The number of rotatable bonds is 4. The second kappa shape index (κ2) is 5.60. The molecule has 0 spiro atoms. The summed E-state index contributed by atoms with van der Waals surface area (Å²) in [5.41, 5.74) is 0.777. The van der Waals surface area contributed by atoms with Crippen LogP contribution in [0, 0.1) is 5.82 Å². The minimum Gasteiger partial charge on any atom is -0.389 e. The Bertz CT molecular complexity index is 697. The second-order valence-electron chi connectivity index (χ2n) is 4.36. The van der Waals surface area contributed by atoms with E-state index in [0.29, 0.717) is 5.56 Å². The van der Waals surface area contributed by atoms with Crippen LogP contribution < -0.4 is 4.72 Å². The van der Waals surface area contributed by atoms with E-state index in [0.717, 1.165) is 6.07 Å². The Kier molecular flexibility index (Phi) is 4.06. The normalized spacial score (nSPS) is 12.9. The number of aliphatic hydroxyl groups excluding tert-OH is 1. The van der Waals surface area contributed by atoms with Crippen LogP contribution in [-0.2, 0) is 10.0 Å². The molecule has 0 aliphatic rings. The van der Waals surface area contributed by atoms with E-state index in [1.54, 1.807) is 6.92 Å². The number of sulfonamides is 1. The van der Waals surface area contributed by atoms with Gasteiger partial charge in [-0.1, -0.05) is 18.2 Å². The standard InChI is InChI=1S/C14H14FNO3S/c1-10(17)11-5-7-14(8-6-11)20(18,19)16-13-4-2-3-12(15)9-13/h2-10,16-17H,1H3. The van der Waals surface area contributed by atoms with E-state index >= 15 is 0 Å². The van der Waals surface area contributed by atoms with Crippen molar-refractivity contribution in [1.29, 1.82) is 0 Å². The zero-order valence-corrected chi connectivity index (χ0v) is 11.6. The summed E-state index contributed by atoms with van der Waals surface area (Å²) in [5, 5.41) is 9.38. The Labute approximate surface area is 116 Å². The first-order chi connectivity index (χ1) is 9.38. The molecule has 1 unspecified atom stereocenters. The Morgan fingerprint density at radius 2 is 1.80 bits per heavy atom. The van der Waals surface area contributed by atoms with Crippen molar-refractivity contribution in [2.75, 3.05) is 4.72 Å². The van der Waals surface area contributed by atoms with Crippen LogP contribution >= 0.6 is 0 Å². The summed E-state index contributed by atoms with van der Waals surface area (Å²) in [6, 6.07) is 11.1. The average molecular weight is 295 g/mol. The van der Waals surface area contributed by atoms with Gasteiger partial charge in [-0.15, -0.1) is 0 Å². The predicted octanol–water partition coefficient (Wildman–Crippen LogP) is 2.68. The van der Waals surface area contributed by atoms with Crippen LogP contribution in [-0.4, -0.2) is 13.5 Å². The lowest BCUT2D eigenvalue weighted by molar-refractivity contribution is 0.199. The van der Waals surface area contributed by atoms with Crippen molar-refractivity contribution in [3.05, 3.63) is 59.9 Å². The highest BCUT2D eigenvalue weighted by atomic mass is 32.2. The highest BCUT2D eigenvalue weighted by Crippen LogP contribution is 2.19. The number of aliphatic hydroxyl groups is 1. The molecule has 2 N–H and O–H groups in total. The molecule has 0 aromatic heterocycles. The second-order valence-corrected chi connectivity index (χ2v) is 6.04. The fraction of sp³-hybridized carbons (Fsp3) is 0.143. The van der Waals surface area contributed by atoms with Crippen molar-refractivity contribution in [1.82, 2.24) is 0 Å². The molecule has 0 saturated carbocycles. The van der Waals surface area contributed by atoms with Gasteiger partial charge in [-0.25, -0.2) is 12.8 Å². The van der Waals surface area contributed by atoms with E-state index in [2.05, 4.69) is 4.72 Å².